The van der Waals surface area contributed by atoms with Crippen LogP contribution in [0.5, 0.6) is 5.75 Å². The molecule has 0 bridgehead atoms. The zero-order valence-electron chi connectivity index (χ0n) is 11.4. The molecule has 96 valence electrons. The molecule has 0 amide bonds. The topological polar surface area (TPSA) is 48.8 Å². The van der Waals surface area contributed by atoms with Gasteiger partial charge in [0, 0.05) is 0 Å². The average Bonchev–Trinajstić information content (AvgIpc) is 2.91. The number of aromatic nitrogens is 2. The first-order valence-electron chi connectivity index (χ1n) is 6.24. The van der Waals surface area contributed by atoms with Gasteiger partial charge in [0.05, 0.1) is 21.4 Å². The largest absolute Gasteiger partial charge is 1.00 e. The number of pyridine rings is 1. The SMILES string of the molecule is [Na+].[O-]c1cccc2ccc(-c3nc4ccccc4s3)nc12. The summed E-state index contributed by atoms with van der Waals surface area (Å²) in [5.74, 6) is -0.0505. The zero-order chi connectivity index (χ0) is 13.5. The van der Waals surface area contributed by atoms with E-state index in [2.05, 4.69) is 9.97 Å². The minimum atomic E-state index is -0.0505. The molecule has 0 unspecified atom stereocenters. The van der Waals surface area contributed by atoms with Crippen molar-refractivity contribution < 1.29 is 34.7 Å². The Morgan fingerprint density at radius 3 is 2.57 bits per heavy atom. The van der Waals surface area contributed by atoms with Crippen LogP contribution < -0.4 is 34.7 Å². The Bertz CT molecular complexity index is 903. The number of para-hydroxylation sites is 2. The first-order valence-corrected chi connectivity index (χ1v) is 7.06. The van der Waals surface area contributed by atoms with Gasteiger partial charge in [-0.15, -0.1) is 11.3 Å². The minimum Gasteiger partial charge on any atom is -0.871 e. The van der Waals surface area contributed by atoms with Gasteiger partial charge in [0.15, 0.2) is 0 Å². The second kappa shape index (κ2) is 5.73. The molecule has 0 aliphatic rings. The minimum absolute atomic E-state index is 0. The first kappa shape index (κ1) is 14.5. The van der Waals surface area contributed by atoms with Crippen LogP contribution in [-0.4, -0.2) is 9.97 Å². The number of thiazole rings is 1. The second-order valence-electron chi connectivity index (χ2n) is 4.51. The summed E-state index contributed by atoms with van der Waals surface area (Å²) in [6.45, 7) is 0. The van der Waals surface area contributed by atoms with E-state index in [4.69, 9.17) is 0 Å². The van der Waals surface area contributed by atoms with E-state index in [1.807, 2.05) is 42.5 Å². The molecule has 2 aromatic carbocycles. The van der Waals surface area contributed by atoms with Crippen molar-refractivity contribution in [2.75, 3.05) is 0 Å². The van der Waals surface area contributed by atoms with Crippen LogP contribution in [0, 0.1) is 0 Å². The van der Waals surface area contributed by atoms with Gasteiger partial charge < -0.3 is 5.11 Å². The molecule has 21 heavy (non-hydrogen) atoms. The van der Waals surface area contributed by atoms with Crippen LogP contribution in [-0.2, 0) is 0 Å². The fourth-order valence-corrected chi connectivity index (χ4v) is 3.16. The molecule has 3 nitrogen and oxygen atoms in total. The van der Waals surface area contributed by atoms with Crippen molar-refractivity contribution in [2.45, 2.75) is 0 Å². The maximum Gasteiger partial charge on any atom is 1.00 e. The standard InChI is InChI=1S/C16H10N2OS.Na/c19-13-6-3-4-10-8-9-12(17-15(10)13)16-18-11-5-1-2-7-14(11)20-16;/h1-9,19H;/q;+1/p-1. The molecule has 0 spiro atoms. The molecule has 0 saturated heterocycles. The fourth-order valence-electron chi connectivity index (χ4n) is 2.22. The van der Waals surface area contributed by atoms with Gasteiger partial charge in [-0.05, 0) is 23.6 Å². The van der Waals surface area contributed by atoms with Crippen molar-refractivity contribution in [2.24, 2.45) is 0 Å². The number of rotatable bonds is 1. The molecule has 0 fully saturated rings. The van der Waals surface area contributed by atoms with Gasteiger partial charge in [-0.3, -0.25) is 0 Å². The zero-order valence-corrected chi connectivity index (χ0v) is 14.2. The smallest absolute Gasteiger partial charge is 0.871 e. The van der Waals surface area contributed by atoms with Gasteiger partial charge in [-0.25, -0.2) is 9.97 Å². The molecule has 5 heteroatoms. The predicted molar refractivity (Wildman–Crippen MR) is 79.8 cm³/mol. The summed E-state index contributed by atoms with van der Waals surface area (Å²) in [7, 11) is 0. The van der Waals surface area contributed by atoms with E-state index in [0.29, 0.717) is 5.52 Å². The summed E-state index contributed by atoms with van der Waals surface area (Å²) in [5, 5.41) is 13.6. The first-order chi connectivity index (χ1) is 9.81. The summed E-state index contributed by atoms with van der Waals surface area (Å²) in [6, 6.07) is 17.0. The van der Waals surface area contributed by atoms with E-state index < -0.39 is 0 Å². The number of hydrogen-bond donors (Lipinski definition) is 0. The van der Waals surface area contributed by atoms with Gasteiger partial charge in [0.25, 0.3) is 0 Å². The third-order valence-electron chi connectivity index (χ3n) is 3.20. The maximum absolute atomic E-state index is 11.9. The molecule has 2 aromatic heterocycles. The number of hydrogen-bond acceptors (Lipinski definition) is 4. The van der Waals surface area contributed by atoms with E-state index in [9.17, 15) is 5.11 Å². The van der Waals surface area contributed by atoms with Crippen LogP contribution in [0.25, 0.3) is 31.8 Å². The molecule has 4 rings (SSSR count). The van der Waals surface area contributed by atoms with Crippen molar-refractivity contribution in [1.29, 1.82) is 0 Å². The van der Waals surface area contributed by atoms with Gasteiger partial charge in [-0.2, -0.15) is 0 Å². The summed E-state index contributed by atoms with van der Waals surface area (Å²) in [4.78, 5) is 9.05. The van der Waals surface area contributed by atoms with Crippen LogP contribution in [0.15, 0.2) is 54.6 Å². The normalized spacial score (nSPS) is 10.7. The number of nitrogens with zero attached hydrogens (tertiary/aromatic N) is 2. The van der Waals surface area contributed by atoms with Gasteiger partial charge in [0.2, 0.25) is 0 Å². The molecule has 0 aliphatic heterocycles. The van der Waals surface area contributed by atoms with Crippen molar-refractivity contribution in [3.8, 4) is 16.5 Å². The quantitative estimate of drug-likeness (QED) is 0.483. The van der Waals surface area contributed by atoms with Crippen LogP contribution >= 0.6 is 11.3 Å². The van der Waals surface area contributed by atoms with E-state index in [-0.39, 0.29) is 35.3 Å². The van der Waals surface area contributed by atoms with E-state index >= 15 is 0 Å². The molecule has 0 radical (unpaired) electrons. The Morgan fingerprint density at radius 1 is 0.857 bits per heavy atom. The fraction of sp³-hybridized carbons (Fsp3) is 0. The van der Waals surface area contributed by atoms with Gasteiger partial charge in [0.1, 0.15) is 5.01 Å². The third-order valence-corrected chi connectivity index (χ3v) is 4.26. The molecular weight excluding hydrogens is 291 g/mol. The molecule has 4 aromatic rings. The van der Waals surface area contributed by atoms with E-state index in [1.165, 1.54) is 6.07 Å². The Kier molecular flexibility index (Phi) is 3.95. The summed E-state index contributed by atoms with van der Waals surface area (Å²) in [5.41, 5.74) is 2.22. The molecular formula is C16H9N2NaOS. The third kappa shape index (κ3) is 2.56. The van der Waals surface area contributed by atoms with Crippen LogP contribution in [0.1, 0.15) is 0 Å². The Labute approximate surface area is 147 Å². The van der Waals surface area contributed by atoms with Crippen molar-refractivity contribution in [3.63, 3.8) is 0 Å². The second-order valence-corrected chi connectivity index (χ2v) is 5.54. The van der Waals surface area contributed by atoms with E-state index in [1.54, 1.807) is 17.4 Å². The van der Waals surface area contributed by atoms with E-state index in [0.717, 1.165) is 26.3 Å². The molecule has 0 saturated carbocycles. The van der Waals surface area contributed by atoms with Crippen LogP contribution in [0.2, 0.25) is 0 Å². The summed E-state index contributed by atoms with van der Waals surface area (Å²) >= 11 is 1.59. The predicted octanol–water partition coefficient (Wildman–Crippen LogP) is 0.589. The van der Waals surface area contributed by atoms with Crippen LogP contribution in [0.3, 0.4) is 0 Å². The van der Waals surface area contributed by atoms with Crippen molar-refractivity contribution >= 4 is 32.5 Å². The Hall–Kier alpha value is -1.46. The monoisotopic (exact) mass is 300 g/mol. The summed E-state index contributed by atoms with van der Waals surface area (Å²) in [6.07, 6.45) is 0. The van der Waals surface area contributed by atoms with Gasteiger partial charge >= 0.3 is 29.6 Å². The van der Waals surface area contributed by atoms with Crippen molar-refractivity contribution in [3.05, 3.63) is 54.6 Å². The Balaban J connectivity index is 0.00000132. The maximum atomic E-state index is 11.9. The number of benzene rings is 2. The average molecular weight is 300 g/mol. The Morgan fingerprint density at radius 2 is 1.71 bits per heavy atom. The van der Waals surface area contributed by atoms with Crippen LogP contribution in [0.4, 0.5) is 0 Å². The molecule has 2 heterocycles. The molecule has 0 N–H and O–H groups in total. The molecule has 0 aliphatic carbocycles. The van der Waals surface area contributed by atoms with Gasteiger partial charge in [-0.1, -0.05) is 42.1 Å². The summed E-state index contributed by atoms with van der Waals surface area (Å²) < 4.78 is 1.12. The number of fused-ring (bicyclic) bond motifs is 2. The van der Waals surface area contributed by atoms with Crippen molar-refractivity contribution in [1.82, 2.24) is 9.97 Å². The molecule has 0 atom stereocenters.